The quantitative estimate of drug-likeness (QED) is 0.0942. The highest BCUT2D eigenvalue weighted by atomic mass is 16.5. The first-order valence-corrected chi connectivity index (χ1v) is 14.7. The van der Waals surface area contributed by atoms with E-state index in [1.54, 1.807) is 0 Å². The predicted octanol–water partition coefficient (Wildman–Crippen LogP) is 7.72. The highest BCUT2D eigenvalue weighted by molar-refractivity contribution is 5.80. The van der Waals surface area contributed by atoms with Crippen LogP contribution in [-0.4, -0.2) is 35.6 Å². The second-order valence-corrected chi connectivity index (χ2v) is 10.0. The van der Waals surface area contributed by atoms with Crippen LogP contribution in [-0.2, 0) is 19.1 Å². The average Bonchev–Trinajstić information content (AvgIpc) is 2.83. The molecule has 0 aromatic carbocycles. The molecular formula is C29H55NO5. The van der Waals surface area contributed by atoms with Crippen molar-refractivity contribution in [1.82, 2.24) is 5.32 Å². The Morgan fingerprint density at radius 1 is 0.629 bits per heavy atom. The van der Waals surface area contributed by atoms with Gasteiger partial charge in [-0.05, 0) is 38.5 Å². The van der Waals surface area contributed by atoms with Gasteiger partial charge in [-0.25, -0.2) is 0 Å². The van der Waals surface area contributed by atoms with E-state index in [0.717, 1.165) is 51.4 Å². The number of nitrogens with one attached hydrogen (secondary N) is 1. The maximum absolute atomic E-state index is 12.4. The summed E-state index contributed by atoms with van der Waals surface area (Å²) in [5.74, 6) is -1.31. The van der Waals surface area contributed by atoms with Crippen molar-refractivity contribution >= 4 is 17.8 Å². The molecule has 1 unspecified atom stereocenters. The third-order valence-electron chi connectivity index (χ3n) is 6.53. The van der Waals surface area contributed by atoms with Crippen molar-refractivity contribution in [2.45, 2.75) is 161 Å². The molecule has 1 amide bonds. The molecule has 35 heavy (non-hydrogen) atoms. The molecule has 0 radical (unpaired) electrons. The highest BCUT2D eigenvalue weighted by Crippen LogP contribution is 2.17. The largest absolute Gasteiger partial charge is 0.480 e. The van der Waals surface area contributed by atoms with E-state index in [0.29, 0.717) is 12.8 Å². The van der Waals surface area contributed by atoms with Crippen LogP contribution in [0.25, 0.3) is 0 Å². The molecule has 0 saturated heterocycles. The van der Waals surface area contributed by atoms with Crippen LogP contribution in [0.1, 0.15) is 155 Å². The Hall–Kier alpha value is -1.59. The van der Waals surface area contributed by atoms with Gasteiger partial charge in [0.1, 0.15) is 12.6 Å². The number of amides is 1. The summed E-state index contributed by atoms with van der Waals surface area (Å²) in [6.07, 6.45) is 23.7. The summed E-state index contributed by atoms with van der Waals surface area (Å²) in [6, 6.07) is 0. The van der Waals surface area contributed by atoms with Crippen LogP contribution in [0.2, 0.25) is 0 Å². The Morgan fingerprint density at radius 3 is 1.57 bits per heavy atom. The third-order valence-corrected chi connectivity index (χ3v) is 6.53. The zero-order chi connectivity index (χ0) is 26.0. The van der Waals surface area contributed by atoms with Gasteiger partial charge in [0.25, 0.3) is 0 Å². The van der Waals surface area contributed by atoms with E-state index in [4.69, 9.17) is 9.84 Å². The van der Waals surface area contributed by atoms with E-state index >= 15 is 0 Å². The van der Waals surface area contributed by atoms with Crippen LogP contribution in [0.4, 0.5) is 0 Å². The van der Waals surface area contributed by atoms with E-state index in [2.05, 4.69) is 19.2 Å². The van der Waals surface area contributed by atoms with Crippen molar-refractivity contribution in [1.29, 1.82) is 0 Å². The monoisotopic (exact) mass is 497 g/mol. The van der Waals surface area contributed by atoms with Crippen molar-refractivity contribution in [2.75, 3.05) is 6.54 Å². The van der Waals surface area contributed by atoms with Crippen LogP contribution in [0.15, 0.2) is 0 Å². The molecule has 0 aliphatic rings. The van der Waals surface area contributed by atoms with Gasteiger partial charge in [-0.15, -0.1) is 0 Å². The van der Waals surface area contributed by atoms with Gasteiger partial charge in [0.05, 0.1) is 0 Å². The summed E-state index contributed by atoms with van der Waals surface area (Å²) in [7, 11) is 0. The number of rotatable bonds is 26. The van der Waals surface area contributed by atoms with E-state index in [1.807, 2.05) is 0 Å². The number of hydrogen-bond acceptors (Lipinski definition) is 4. The lowest BCUT2D eigenvalue weighted by atomic mass is 10.0. The molecule has 6 nitrogen and oxygen atoms in total. The van der Waals surface area contributed by atoms with Crippen LogP contribution in [0.5, 0.6) is 0 Å². The topological polar surface area (TPSA) is 92.7 Å². The summed E-state index contributed by atoms with van der Waals surface area (Å²) in [5.41, 5.74) is 0. The predicted molar refractivity (Wildman–Crippen MR) is 143 cm³/mol. The number of carboxylic acids is 1. The molecule has 1 atom stereocenters. The summed E-state index contributed by atoms with van der Waals surface area (Å²) in [4.78, 5) is 34.5. The zero-order valence-electron chi connectivity index (χ0n) is 22.9. The molecule has 0 spiro atoms. The van der Waals surface area contributed by atoms with Gasteiger partial charge in [-0.2, -0.15) is 0 Å². The molecule has 0 aliphatic carbocycles. The minimum Gasteiger partial charge on any atom is -0.480 e. The van der Waals surface area contributed by atoms with Crippen molar-refractivity contribution in [3.8, 4) is 0 Å². The maximum atomic E-state index is 12.4. The number of esters is 1. The Balaban J connectivity index is 3.96. The lowest BCUT2D eigenvalue weighted by molar-refractivity contribution is -0.150. The fourth-order valence-electron chi connectivity index (χ4n) is 4.34. The molecule has 2 N–H and O–H groups in total. The standard InChI is InChI=1S/C29H55NO5/c1-3-5-7-9-10-11-12-13-14-15-20-24-29(34)35-26(21-17-8-6-4-2)22-18-16-19-23-27(31)30-25-28(32)33/h26H,3-25H2,1-2H3,(H,30,31)(H,32,33). The Kier molecular flexibility index (Phi) is 24.3. The van der Waals surface area contributed by atoms with Gasteiger partial charge >= 0.3 is 11.9 Å². The molecule has 6 heteroatoms. The summed E-state index contributed by atoms with van der Waals surface area (Å²) in [5, 5.41) is 11.0. The Labute approximate surface area is 215 Å². The van der Waals surface area contributed by atoms with Gasteiger partial charge in [0, 0.05) is 12.8 Å². The smallest absolute Gasteiger partial charge is 0.322 e. The molecule has 0 saturated carbocycles. The van der Waals surface area contributed by atoms with Crippen LogP contribution < -0.4 is 5.32 Å². The van der Waals surface area contributed by atoms with Gasteiger partial charge in [0.2, 0.25) is 5.91 Å². The van der Waals surface area contributed by atoms with E-state index in [9.17, 15) is 14.4 Å². The van der Waals surface area contributed by atoms with Crippen molar-refractivity contribution < 1.29 is 24.2 Å². The Bertz CT molecular complexity index is 523. The molecule has 206 valence electrons. The second kappa shape index (κ2) is 25.5. The fraction of sp³-hybridized carbons (Fsp3) is 0.897. The number of unbranched alkanes of at least 4 members (excludes halogenated alkanes) is 15. The Morgan fingerprint density at radius 2 is 1.06 bits per heavy atom. The van der Waals surface area contributed by atoms with Crippen LogP contribution in [0, 0.1) is 0 Å². The van der Waals surface area contributed by atoms with Gasteiger partial charge in [-0.3, -0.25) is 14.4 Å². The molecule has 0 aliphatic heterocycles. The number of carbonyl (C=O) groups is 3. The molecular weight excluding hydrogens is 442 g/mol. The molecule has 0 bridgehead atoms. The third kappa shape index (κ3) is 25.3. The maximum Gasteiger partial charge on any atom is 0.322 e. The van der Waals surface area contributed by atoms with Crippen LogP contribution in [0.3, 0.4) is 0 Å². The first-order valence-electron chi connectivity index (χ1n) is 14.7. The first-order chi connectivity index (χ1) is 17.0. The van der Waals surface area contributed by atoms with Crippen molar-refractivity contribution in [3.63, 3.8) is 0 Å². The number of aliphatic carboxylic acids is 1. The van der Waals surface area contributed by atoms with Crippen molar-refractivity contribution in [3.05, 3.63) is 0 Å². The fourth-order valence-corrected chi connectivity index (χ4v) is 4.34. The number of carboxylic acid groups (broad SMARTS) is 1. The normalized spacial score (nSPS) is 11.8. The summed E-state index contributed by atoms with van der Waals surface area (Å²) < 4.78 is 5.83. The average molecular weight is 498 g/mol. The SMILES string of the molecule is CCCCCCCCCCCCCC(=O)OC(CCCCCC)CCCCCC(=O)NCC(=O)O. The number of hydrogen-bond donors (Lipinski definition) is 2. The zero-order valence-corrected chi connectivity index (χ0v) is 22.9. The molecule has 0 fully saturated rings. The van der Waals surface area contributed by atoms with Gasteiger partial charge in [-0.1, -0.05) is 104 Å². The lowest BCUT2D eigenvalue weighted by Crippen LogP contribution is -2.28. The van der Waals surface area contributed by atoms with E-state index < -0.39 is 5.97 Å². The summed E-state index contributed by atoms with van der Waals surface area (Å²) in [6.45, 7) is 4.12. The second-order valence-electron chi connectivity index (χ2n) is 10.0. The van der Waals surface area contributed by atoms with Crippen molar-refractivity contribution in [2.24, 2.45) is 0 Å². The van der Waals surface area contributed by atoms with Gasteiger partial charge < -0.3 is 15.2 Å². The molecule has 0 heterocycles. The molecule has 0 rings (SSSR count). The number of carbonyl (C=O) groups excluding carboxylic acids is 2. The van der Waals surface area contributed by atoms with Crippen LogP contribution >= 0.6 is 0 Å². The molecule has 0 aromatic heterocycles. The molecule has 0 aromatic rings. The van der Waals surface area contributed by atoms with Gasteiger partial charge in [0.15, 0.2) is 0 Å². The van der Waals surface area contributed by atoms with E-state index in [-0.39, 0.29) is 24.5 Å². The minimum atomic E-state index is -1.03. The first kappa shape index (κ1) is 33.4. The highest BCUT2D eigenvalue weighted by Gasteiger charge is 2.14. The minimum absolute atomic E-state index is 0.0205. The lowest BCUT2D eigenvalue weighted by Gasteiger charge is -2.18. The summed E-state index contributed by atoms with van der Waals surface area (Å²) >= 11 is 0. The van der Waals surface area contributed by atoms with E-state index in [1.165, 1.54) is 77.0 Å². The number of ether oxygens (including phenoxy) is 1.